The zero-order valence-electron chi connectivity index (χ0n) is 11.0. The van der Waals surface area contributed by atoms with Gasteiger partial charge in [-0.2, -0.15) is 0 Å². The van der Waals surface area contributed by atoms with Crippen LogP contribution in [0.5, 0.6) is 0 Å². The number of hydrogen-bond donors (Lipinski definition) is 1. The van der Waals surface area contributed by atoms with Crippen molar-refractivity contribution < 1.29 is 14.4 Å². The van der Waals surface area contributed by atoms with Crippen LogP contribution < -0.4 is 10.2 Å². The van der Waals surface area contributed by atoms with Crippen molar-refractivity contribution in [2.45, 2.75) is 13.8 Å². The molecule has 1 aliphatic rings. The molecule has 0 spiro atoms. The third-order valence-electron chi connectivity index (χ3n) is 2.89. The topological polar surface area (TPSA) is 66.5 Å². The molecule has 0 unspecified atom stereocenters. The zero-order valence-corrected chi connectivity index (χ0v) is 11.0. The van der Waals surface area contributed by atoms with Gasteiger partial charge in [-0.3, -0.25) is 19.3 Å². The maximum atomic E-state index is 11.8. The van der Waals surface area contributed by atoms with E-state index in [1.807, 2.05) is 13.8 Å². The highest BCUT2D eigenvalue weighted by Crippen LogP contribution is 2.27. The minimum atomic E-state index is -0.638. The lowest BCUT2D eigenvalue weighted by molar-refractivity contribution is -0.122. The van der Waals surface area contributed by atoms with Crippen LogP contribution in [0.2, 0.25) is 0 Å². The van der Waals surface area contributed by atoms with E-state index in [2.05, 4.69) is 5.32 Å². The average molecular weight is 260 g/mol. The van der Waals surface area contributed by atoms with Crippen LogP contribution in [0.3, 0.4) is 0 Å². The summed E-state index contributed by atoms with van der Waals surface area (Å²) in [7, 11) is 0. The predicted molar refractivity (Wildman–Crippen MR) is 71.0 cm³/mol. The van der Waals surface area contributed by atoms with Gasteiger partial charge in [-0.15, -0.1) is 0 Å². The number of amides is 2. The molecule has 5 nitrogen and oxygen atoms in total. The van der Waals surface area contributed by atoms with Crippen molar-refractivity contribution in [2.75, 3.05) is 18.0 Å². The summed E-state index contributed by atoms with van der Waals surface area (Å²) in [5.41, 5.74) is 0.876. The van der Waals surface area contributed by atoms with Gasteiger partial charge in [0.15, 0.2) is 0 Å². The number of ketones is 1. The Balaban J connectivity index is 2.11. The molecule has 2 amide bonds. The number of fused-ring (bicyclic) bond motifs is 1. The van der Waals surface area contributed by atoms with E-state index >= 15 is 0 Å². The molecule has 0 saturated carbocycles. The van der Waals surface area contributed by atoms with Gasteiger partial charge in [0.2, 0.25) is 5.91 Å². The van der Waals surface area contributed by atoms with Crippen LogP contribution in [0.25, 0.3) is 0 Å². The number of nitrogens with one attached hydrogen (secondary N) is 1. The van der Waals surface area contributed by atoms with Crippen LogP contribution >= 0.6 is 0 Å². The Kier molecular flexibility index (Phi) is 3.64. The van der Waals surface area contributed by atoms with Crippen LogP contribution in [0, 0.1) is 5.92 Å². The van der Waals surface area contributed by atoms with Crippen LogP contribution in [0.1, 0.15) is 24.2 Å². The van der Waals surface area contributed by atoms with Crippen LogP contribution in [-0.2, 0) is 9.59 Å². The Morgan fingerprint density at radius 1 is 1.26 bits per heavy atom. The number of carbonyl (C=O) groups excluding carboxylic acids is 3. The van der Waals surface area contributed by atoms with E-state index in [4.69, 9.17) is 0 Å². The van der Waals surface area contributed by atoms with Crippen molar-refractivity contribution in [3.63, 3.8) is 0 Å². The fourth-order valence-corrected chi connectivity index (χ4v) is 1.92. The van der Waals surface area contributed by atoms with E-state index in [1.54, 1.807) is 24.3 Å². The van der Waals surface area contributed by atoms with Crippen molar-refractivity contribution in [1.82, 2.24) is 5.32 Å². The standard InChI is InChI=1S/C14H16N2O3/c1-9(2)7-15-12(17)8-16-11-6-4-3-5-10(11)13(18)14(16)19/h3-6,9H,7-8H2,1-2H3,(H,15,17). The molecule has 0 aliphatic carbocycles. The molecule has 1 aromatic rings. The number of para-hydroxylation sites is 1. The van der Waals surface area contributed by atoms with E-state index in [-0.39, 0.29) is 12.5 Å². The number of nitrogens with zero attached hydrogens (tertiary/aromatic N) is 1. The summed E-state index contributed by atoms with van der Waals surface area (Å²) in [5.74, 6) is -1.10. The maximum Gasteiger partial charge on any atom is 0.299 e. The number of hydrogen-bond acceptors (Lipinski definition) is 3. The van der Waals surface area contributed by atoms with Gasteiger partial charge in [-0.1, -0.05) is 26.0 Å². The number of benzene rings is 1. The SMILES string of the molecule is CC(C)CNC(=O)CN1C(=O)C(=O)c2ccccc21. The fraction of sp³-hybridized carbons (Fsp3) is 0.357. The van der Waals surface area contributed by atoms with Gasteiger partial charge in [0.05, 0.1) is 11.3 Å². The molecule has 100 valence electrons. The molecule has 0 bridgehead atoms. The van der Waals surface area contributed by atoms with E-state index in [9.17, 15) is 14.4 Å². The largest absolute Gasteiger partial charge is 0.354 e. The van der Waals surface area contributed by atoms with E-state index in [0.29, 0.717) is 23.7 Å². The lowest BCUT2D eigenvalue weighted by atomic mass is 10.1. The molecule has 0 fully saturated rings. The summed E-state index contributed by atoms with van der Waals surface area (Å²) in [6.45, 7) is 4.41. The first-order chi connectivity index (χ1) is 9.00. The summed E-state index contributed by atoms with van der Waals surface area (Å²) >= 11 is 0. The number of Topliss-reactive ketones (excluding diaryl/α,β-unsaturated/α-hetero) is 1. The van der Waals surface area contributed by atoms with Crippen LogP contribution in [0.15, 0.2) is 24.3 Å². The summed E-state index contributed by atoms with van der Waals surface area (Å²) in [4.78, 5) is 36.5. The molecule has 0 radical (unpaired) electrons. The van der Waals surface area contributed by atoms with E-state index < -0.39 is 11.7 Å². The normalized spacial score (nSPS) is 13.9. The minimum absolute atomic E-state index is 0.117. The summed E-state index contributed by atoms with van der Waals surface area (Å²) in [6, 6.07) is 6.71. The second-order valence-electron chi connectivity index (χ2n) is 4.94. The van der Waals surface area contributed by atoms with Crippen molar-refractivity contribution >= 4 is 23.3 Å². The van der Waals surface area contributed by atoms with Gasteiger partial charge in [0.25, 0.3) is 11.7 Å². The first-order valence-corrected chi connectivity index (χ1v) is 6.22. The molecule has 1 N–H and O–H groups in total. The molecule has 1 aromatic carbocycles. The van der Waals surface area contributed by atoms with E-state index in [1.165, 1.54) is 4.90 Å². The predicted octanol–water partition coefficient (Wildman–Crippen LogP) is 0.988. The highest BCUT2D eigenvalue weighted by atomic mass is 16.2. The molecule has 2 rings (SSSR count). The van der Waals surface area contributed by atoms with Gasteiger partial charge in [0.1, 0.15) is 6.54 Å². The molecule has 0 aromatic heterocycles. The molecule has 0 saturated heterocycles. The van der Waals surface area contributed by atoms with Crippen molar-refractivity contribution in [3.05, 3.63) is 29.8 Å². The number of carbonyl (C=O) groups is 3. The minimum Gasteiger partial charge on any atom is -0.354 e. The van der Waals surface area contributed by atoms with Gasteiger partial charge in [0, 0.05) is 6.54 Å². The Hall–Kier alpha value is -2.17. The molecule has 5 heteroatoms. The number of anilines is 1. The molecular weight excluding hydrogens is 244 g/mol. The van der Waals surface area contributed by atoms with Crippen LogP contribution in [0.4, 0.5) is 5.69 Å². The highest BCUT2D eigenvalue weighted by Gasteiger charge is 2.36. The highest BCUT2D eigenvalue weighted by molar-refractivity contribution is 6.52. The van der Waals surface area contributed by atoms with Crippen LogP contribution in [-0.4, -0.2) is 30.7 Å². The lowest BCUT2D eigenvalue weighted by Gasteiger charge is -2.16. The third kappa shape index (κ3) is 2.65. The monoisotopic (exact) mass is 260 g/mol. The van der Waals surface area contributed by atoms with Gasteiger partial charge < -0.3 is 5.32 Å². The first-order valence-electron chi connectivity index (χ1n) is 6.22. The van der Waals surface area contributed by atoms with Gasteiger partial charge in [-0.25, -0.2) is 0 Å². The molecule has 19 heavy (non-hydrogen) atoms. The smallest absolute Gasteiger partial charge is 0.299 e. The third-order valence-corrected chi connectivity index (χ3v) is 2.89. The average Bonchev–Trinajstić information content (AvgIpc) is 2.62. The molecule has 0 atom stereocenters. The molecule has 1 heterocycles. The Morgan fingerprint density at radius 2 is 1.95 bits per heavy atom. The molecule has 1 aliphatic heterocycles. The zero-order chi connectivity index (χ0) is 14.0. The van der Waals surface area contributed by atoms with Crippen molar-refractivity contribution in [3.8, 4) is 0 Å². The second-order valence-corrected chi connectivity index (χ2v) is 4.94. The number of rotatable bonds is 4. The Labute approximate surface area is 111 Å². The Bertz CT molecular complexity index is 537. The van der Waals surface area contributed by atoms with Crippen molar-refractivity contribution in [2.24, 2.45) is 5.92 Å². The second kappa shape index (κ2) is 5.22. The quantitative estimate of drug-likeness (QED) is 0.821. The Morgan fingerprint density at radius 3 is 2.63 bits per heavy atom. The summed E-state index contributed by atoms with van der Waals surface area (Å²) < 4.78 is 0. The van der Waals surface area contributed by atoms with Gasteiger partial charge >= 0.3 is 0 Å². The van der Waals surface area contributed by atoms with Crippen molar-refractivity contribution in [1.29, 1.82) is 0 Å². The van der Waals surface area contributed by atoms with Gasteiger partial charge in [-0.05, 0) is 18.1 Å². The molecular formula is C14H16N2O3. The van der Waals surface area contributed by atoms with E-state index in [0.717, 1.165) is 0 Å². The maximum absolute atomic E-state index is 11.8. The summed E-state index contributed by atoms with van der Waals surface area (Å²) in [6.07, 6.45) is 0. The summed E-state index contributed by atoms with van der Waals surface area (Å²) in [5, 5.41) is 2.73. The fourth-order valence-electron chi connectivity index (χ4n) is 1.92. The lowest BCUT2D eigenvalue weighted by Crippen LogP contribution is -2.41. The first kappa shape index (κ1) is 13.3.